The summed E-state index contributed by atoms with van der Waals surface area (Å²) in [6.45, 7) is -0.299. The van der Waals surface area contributed by atoms with Crippen LogP contribution in [-0.2, 0) is 0 Å². The van der Waals surface area contributed by atoms with Gasteiger partial charge >= 0.3 is 11.9 Å². The third kappa shape index (κ3) is 2.71. The minimum Gasteiger partial charge on any atom is -0.490 e. The molecule has 0 aliphatic carbocycles. The van der Waals surface area contributed by atoms with Crippen LogP contribution in [-0.4, -0.2) is 40.5 Å². The van der Waals surface area contributed by atoms with Gasteiger partial charge in [0.2, 0.25) is 0 Å². The number of carbonyl (C=O) groups is 2. The average molecular weight is 226 g/mol. The second kappa shape index (κ2) is 5.13. The largest absolute Gasteiger partial charge is 0.490 e. The summed E-state index contributed by atoms with van der Waals surface area (Å²) in [5.74, 6) is -2.46. The van der Waals surface area contributed by atoms with Gasteiger partial charge in [-0.25, -0.2) is 9.59 Å². The maximum atomic E-state index is 10.8. The molecule has 0 radical (unpaired) electrons. The van der Waals surface area contributed by atoms with Crippen molar-refractivity contribution in [3.8, 4) is 5.75 Å². The molecule has 6 heteroatoms. The van der Waals surface area contributed by atoms with E-state index in [1.165, 1.54) is 12.1 Å². The predicted molar refractivity (Wildman–Crippen MR) is 52.9 cm³/mol. The Morgan fingerprint density at radius 1 is 1.19 bits per heavy atom. The van der Waals surface area contributed by atoms with E-state index in [1.807, 2.05) is 0 Å². The molecule has 0 fully saturated rings. The first-order valence-electron chi connectivity index (χ1n) is 4.40. The highest BCUT2D eigenvalue weighted by molar-refractivity contribution is 5.95. The lowest BCUT2D eigenvalue weighted by molar-refractivity contribution is 0.0690. The number of hydrogen-bond acceptors (Lipinski definition) is 4. The maximum Gasteiger partial charge on any atom is 0.339 e. The molecule has 86 valence electrons. The molecule has 1 rings (SSSR count). The summed E-state index contributed by atoms with van der Waals surface area (Å²) in [6, 6.07) is 3.50. The first-order chi connectivity index (χ1) is 7.56. The van der Waals surface area contributed by atoms with E-state index < -0.39 is 11.9 Å². The van der Waals surface area contributed by atoms with E-state index in [0.717, 1.165) is 6.07 Å². The summed E-state index contributed by atoms with van der Waals surface area (Å²) in [7, 11) is 0. The third-order valence-corrected chi connectivity index (χ3v) is 1.81. The van der Waals surface area contributed by atoms with Crippen molar-refractivity contribution in [3.63, 3.8) is 0 Å². The van der Waals surface area contributed by atoms with Gasteiger partial charge in [0.05, 0.1) is 12.2 Å². The number of hydrogen-bond donors (Lipinski definition) is 3. The quantitative estimate of drug-likeness (QED) is 0.673. The van der Waals surface area contributed by atoms with Gasteiger partial charge in [-0.2, -0.15) is 0 Å². The lowest BCUT2D eigenvalue weighted by atomic mass is 10.1. The molecule has 6 nitrogen and oxygen atoms in total. The number of benzene rings is 1. The molecule has 0 aromatic heterocycles. The Labute approximate surface area is 90.7 Å². The summed E-state index contributed by atoms with van der Waals surface area (Å²) in [6.07, 6.45) is 0. The molecule has 16 heavy (non-hydrogen) atoms. The van der Waals surface area contributed by atoms with Crippen LogP contribution >= 0.6 is 0 Å². The molecule has 0 heterocycles. The van der Waals surface area contributed by atoms with E-state index in [-0.39, 0.29) is 30.1 Å². The Kier molecular flexibility index (Phi) is 3.84. The van der Waals surface area contributed by atoms with Crippen LogP contribution in [0.25, 0.3) is 0 Å². The van der Waals surface area contributed by atoms with Gasteiger partial charge in [0, 0.05) is 0 Å². The van der Waals surface area contributed by atoms with Gasteiger partial charge in [0.25, 0.3) is 0 Å². The van der Waals surface area contributed by atoms with Crippen molar-refractivity contribution < 1.29 is 29.6 Å². The van der Waals surface area contributed by atoms with Gasteiger partial charge in [0.15, 0.2) is 0 Å². The first-order valence-corrected chi connectivity index (χ1v) is 4.40. The third-order valence-electron chi connectivity index (χ3n) is 1.81. The summed E-state index contributed by atoms with van der Waals surface area (Å²) in [4.78, 5) is 21.5. The Bertz CT molecular complexity index is 412. The fraction of sp³-hybridized carbons (Fsp3) is 0.200. The molecular weight excluding hydrogens is 216 g/mol. The minimum atomic E-state index is -1.28. The van der Waals surface area contributed by atoms with E-state index in [4.69, 9.17) is 20.1 Å². The van der Waals surface area contributed by atoms with Crippen LogP contribution in [0.1, 0.15) is 20.7 Å². The zero-order valence-electron chi connectivity index (χ0n) is 8.21. The monoisotopic (exact) mass is 226 g/mol. The Balaban J connectivity index is 3.09. The van der Waals surface area contributed by atoms with Gasteiger partial charge in [-0.05, 0) is 18.2 Å². The number of rotatable bonds is 5. The second-order valence-electron chi connectivity index (χ2n) is 2.89. The number of aliphatic hydroxyl groups excluding tert-OH is 1. The standard InChI is InChI=1S/C10H10O6/c11-3-4-16-8-2-1-6(9(12)13)5-7(8)10(14)15/h1-2,5,11H,3-4H2,(H,12,13)(H,14,15). The van der Waals surface area contributed by atoms with Crippen LogP contribution in [0.3, 0.4) is 0 Å². The van der Waals surface area contributed by atoms with E-state index >= 15 is 0 Å². The van der Waals surface area contributed by atoms with Crippen molar-refractivity contribution in [3.05, 3.63) is 29.3 Å². The Hall–Kier alpha value is -2.08. The molecule has 0 aliphatic heterocycles. The van der Waals surface area contributed by atoms with Crippen molar-refractivity contribution in [1.82, 2.24) is 0 Å². The highest BCUT2D eigenvalue weighted by Crippen LogP contribution is 2.20. The molecule has 1 aromatic carbocycles. The van der Waals surface area contributed by atoms with Crippen LogP contribution < -0.4 is 4.74 Å². The number of carboxylic acid groups (broad SMARTS) is 2. The van der Waals surface area contributed by atoms with Crippen LogP contribution in [0.4, 0.5) is 0 Å². The summed E-state index contributed by atoms with van der Waals surface area (Å²) >= 11 is 0. The highest BCUT2D eigenvalue weighted by atomic mass is 16.5. The fourth-order valence-corrected chi connectivity index (χ4v) is 1.11. The Morgan fingerprint density at radius 2 is 1.88 bits per heavy atom. The minimum absolute atomic E-state index is 0.0338. The lowest BCUT2D eigenvalue weighted by Crippen LogP contribution is -2.08. The lowest BCUT2D eigenvalue weighted by Gasteiger charge is -2.08. The highest BCUT2D eigenvalue weighted by Gasteiger charge is 2.14. The number of aliphatic hydroxyl groups is 1. The molecule has 0 spiro atoms. The first kappa shape index (κ1) is 12.0. The zero-order chi connectivity index (χ0) is 12.1. The summed E-state index contributed by atoms with van der Waals surface area (Å²) in [5, 5.41) is 26.1. The molecule has 0 bridgehead atoms. The van der Waals surface area contributed by atoms with Crippen molar-refractivity contribution in [2.24, 2.45) is 0 Å². The molecule has 0 aliphatic rings. The van der Waals surface area contributed by atoms with Crippen LogP contribution in [0, 0.1) is 0 Å². The maximum absolute atomic E-state index is 10.8. The zero-order valence-corrected chi connectivity index (χ0v) is 8.21. The molecule has 0 amide bonds. The molecule has 0 atom stereocenters. The van der Waals surface area contributed by atoms with Crippen molar-refractivity contribution in [1.29, 1.82) is 0 Å². The number of ether oxygens (including phenoxy) is 1. The molecule has 0 saturated heterocycles. The SMILES string of the molecule is O=C(O)c1ccc(OCCO)c(C(=O)O)c1. The molecular formula is C10H10O6. The van der Waals surface area contributed by atoms with Gasteiger partial charge in [-0.3, -0.25) is 0 Å². The summed E-state index contributed by atoms with van der Waals surface area (Å²) in [5.41, 5.74) is -0.373. The van der Waals surface area contributed by atoms with Gasteiger partial charge in [0.1, 0.15) is 17.9 Å². The smallest absolute Gasteiger partial charge is 0.339 e. The van der Waals surface area contributed by atoms with Crippen LogP contribution in [0.15, 0.2) is 18.2 Å². The summed E-state index contributed by atoms with van der Waals surface area (Å²) < 4.78 is 4.96. The number of aromatic carboxylic acids is 2. The number of carboxylic acids is 2. The van der Waals surface area contributed by atoms with E-state index in [0.29, 0.717) is 0 Å². The van der Waals surface area contributed by atoms with Crippen molar-refractivity contribution >= 4 is 11.9 Å². The molecule has 3 N–H and O–H groups in total. The van der Waals surface area contributed by atoms with Gasteiger partial charge < -0.3 is 20.1 Å². The molecule has 0 saturated carbocycles. The van der Waals surface area contributed by atoms with E-state index in [1.54, 1.807) is 0 Å². The van der Waals surface area contributed by atoms with Gasteiger partial charge in [-0.1, -0.05) is 0 Å². The fourth-order valence-electron chi connectivity index (χ4n) is 1.11. The molecule has 1 aromatic rings. The topological polar surface area (TPSA) is 104 Å². The van der Waals surface area contributed by atoms with Gasteiger partial charge in [-0.15, -0.1) is 0 Å². The second-order valence-corrected chi connectivity index (χ2v) is 2.89. The predicted octanol–water partition coefficient (Wildman–Crippen LogP) is 0.454. The average Bonchev–Trinajstić information content (AvgIpc) is 2.25. The molecule has 0 unspecified atom stereocenters. The van der Waals surface area contributed by atoms with E-state index in [9.17, 15) is 9.59 Å². The van der Waals surface area contributed by atoms with Crippen molar-refractivity contribution in [2.75, 3.05) is 13.2 Å². The van der Waals surface area contributed by atoms with Crippen LogP contribution in [0.5, 0.6) is 5.75 Å². The normalized spacial score (nSPS) is 9.81. The Morgan fingerprint density at radius 3 is 2.38 bits per heavy atom. The van der Waals surface area contributed by atoms with Crippen LogP contribution in [0.2, 0.25) is 0 Å². The van der Waals surface area contributed by atoms with Crippen molar-refractivity contribution in [2.45, 2.75) is 0 Å². The van der Waals surface area contributed by atoms with E-state index in [2.05, 4.69) is 0 Å².